The minimum Gasteiger partial charge on any atom is -0.507 e. The second kappa shape index (κ2) is 18.7. The summed E-state index contributed by atoms with van der Waals surface area (Å²) in [6, 6.07) is 41.6. The van der Waals surface area contributed by atoms with E-state index in [9.17, 15) is 9.22 Å². The number of nitrogens with zero attached hydrogens (tertiary/aromatic N) is 3. The summed E-state index contributed by atoms with van der Waals surface area (Å²) in [5.41, 5.74) is -5.10. The van der Waals surface area contributed by atoms with Gasteiger partial charge >= 0.3 is 0 Å². The molecule has 354 valence electrons. The highest BCUT2D eigenvalue weighted by Crippen LogP contribution is 2.46. The van der Waals surface area contributed by atoms with E-state index in [1.807, 2.05) is 111 Å². The first-order chi connectivity index (χ1) is 42.6. The van der Waals surface area contributed by atoms with Gasteiger partial charge in [0.25, 0.3) is 0 Å². The van der Waals surface area contributed by atoms with E-state index < -0.39 is 104 Å². The van der Waals surface area contributed by atoms with E-state index in [-0.39, 0.29) is 34.3 Å². The van der Waals surface area contributed by atoms with Crippen molar-refractivity contribution in [3.8, 4) is 78.6 Å². The van der Waals surface area contributed by atoms with Crippen molar-refractivity contribution in [1.82, 2.24) is 14.5 Å². The van der Waals surface area contributed by atoms with Crippen LogP contribution in [0.3, 0.4) is 0 Å². The smallest absolute Gasteiger partial charge is 0.149 e. The first-order valence-electron chi connectivity index (χ1n) is 34.5. The number of fused-ring (bicyclic) bond motifs is 1. The molecule has 0 bridgehead atoms. The molecule has 0 spiro atoms. The van der Waals surface area contributed by atoms with Gasteiger partial charge in [-0.1, -0.05) is 180 Å². The lowest BCUT2D eigenvalue weighted by Gasteiger charge is -2.27. The Morgan fingerprint density at radius 2 is 1.19 bits per heavy atom. The molecule has 0 saturated carbocycles. The zero-order valence-electron chi connectivity index (χ0n) is 62.9. The number of phenolic OH excluding ortho intramolecular Hbond substituents is 1. The first-order valence-corrected chi connectivity index (χ1v) is 23.0. The molecule has 0 aliphatic heterocycles. The minimum atomic E-state index is -4.27. The molecule has 4 heteroatoms. The maximum atomic E-state index is 13.1. The van der Waals surface area contributed by atoms with Crippen LogP contribution in [0.5, 0.6) is 5.75 Å². The lowest BCUT2D eigenvalue weighted by atomic mass is 9.79. The molecule has 0 aliphatic rings. The molecule has 0 radical (unpaired) electrons. The number of hydrogen-bond donors (Lipinski definition) is 1. The Labute approximate surface area is 449 Å². The van der Waals surface area contributed by atoms with E-state index in [0.29, 0.717) is 45.1 Å². The second-order valence-corrected chi connectivity index (χ2v) is 18.8. The lowest BCUT2D eigenvalue weighted by molar-refractivity contribution is 0.446. The standard InChI is InChI=1S/C66H69N3O/c1-40(2)44-22-24-46(25-23-44)48-28-29-67-59(37-48)54-35-51(45-18-15-14-16-19-45)34-53(36-54)56-20-17-21-61-62(56)68-64(57-38-55(65(8,9)10)39-58(63(57)70)66(11,12)13)69(61)60-27-26-47(30-43(60)7)52-32-49(41(3)4)31-50(33-52)42(5)6/h14-42,70H,1-13H3/i7D3,8D3,9D3,10D3,11D3,12D3,13D3,40D,41D. The highest BCUT2D eigenvalue weighted by atomic mass is 16.3. The Morgan fingerprint density at radius 3 is 1.89 bits per heavy atom. The van der Waals surface area contributed by atoms with E-state index in [0.717, 1.165) is 27.8 Å². The summed E-state index contributed by atoms with van der Waals surface area (Å²) in [6.07, 6.45) is 1.65. The maximum absolute atomic E-state index is 13.1. The molecule has 9 rings (SSSR count). The van der Waals surface area contributed by atoms with Crippen molar-refractivity contribution in [1.29, 1.82) is 0 Å². The van der Waals surface area contributed by atoms with Crippen LogP contribution in [-0.4, -0.2) is 19.6 Å². The third-order valence-corrected chi connectivity index (χ3v) is 12.8. The number of imidazole rings is 1. The van der Waals surface area contributed by atoms with E-state index >= 15 is 0 Å². The van der Waals surface area contributed by atoms with Gasteiger partial charge in [0.1, 0.15) is 11.6 Å². The quantitative estimate of drug-likeness (QED) is 0.149. The Bertz CT molecular complexity index is 4210. The summed E-state index contributed by atoms with van der Waals surface area (Å²) in [5, 5.41) is 13.1. The SMILES string of the molecule is [2H]C([2H])([2H])c1cc(-c2cc(C(C)C)cc(C([2H])(C)C)c2)ccc1-n1c(-c2cc(C(C([2H])([2H])[2H])(C([2H])([2H])[2H])C([2H])([2H])[2H])cc(C(C([2H])([2H])[2H])(C([2H])([2H])[2H])C([2H])([2H])[2H])c2O)nc2c(-c3cc(-c4ccccc4)cc(-c4cc(-c5ccc(C([2H])(C)C)cc5)ccn4)c3)cccc21. The molecule has 1 N–H and O–H groups in total. The van der Waals surface area contributed by atoms with Crippen molar-refractivity contribution in [3.05, 3.63) is 191 Å². The van der Waals surface area contributed by atoms with Crippen LogP contribution in [0.25, 0.3) is 83.9 Å². The van der Waals surface area contributed by atoms with E-state index in [4.69, 9.17) is 37.4 Å². The lowest BCUT2D eigenvalue weighted by Crippen LogP contribution is -2.17. The van der Waals surface area contributed by atoms with Crippen molar-refractivity contribution >= 4 is 11.0 Å². The highest BCUT2D eigenvalue weighted by molar-refractivity contribution is 5.98. The summed E-state index contributed by atoms with van der Waals surface area (Å²) in [5.74, 6) is -4.22. The summed E-state index contributed by atoms with van der Waals surface area (Å²) in [4.78, 5) is 9.90. The molecular weight excluding hydrogens is 851 g/mol. The largest absolute Gasteiger partial charge is 0.507 e. The van der Waals surface area contributed by atoms with Gasteiger partial charge in [-0.25, -0.2) is 4.98 Å². The topological polar surface area (TPSA) is 50.9 Å². The summed E-state index contributed by atoms with van der Waals surface area (Å²) >= 11 is 0. The van der Waals surface area contributed by atoms with Crippen LogP contribution in [0.4, 0.5) is 0 Å². The monoisotopic (exact) mass is 943 g/mol. The zero-order chi connectivity index (χ0) is 69.2. The molecule has 9 aromatic rings. The van der Waals surface area contributed by atoms with Crippen molar-refractivity contribution in [2.24, 2.45) is 0 Å². The number of hydrogen-bond acceptors (Lipinski definition) is 3. The minimum absolute atomic E-state index is 0.000644. The van der Waals surface area contributed by atoms with Gasteiger partial charge in [-0.2, -0.15) is 0 Å². The van der Waals surface area contributed by atoms with Crippen molar-refractivity contribution in [2.75, 3.05) is 0 Å². The predicted molar refractivity (Wildman–Crippen MR) is 298 cm³/mol. The van der Waals surface area contributed by atoms with Gasteiger partial charge in [-0.05, 0) is 157 Å². The molecule has 0 unspecified atom stereocenters. The van der Waals surface area contributed by atoms with Gasteiger partial charge in [0, 0.05) is 54.4 Å². The van der Waals surface area contributed by atoms with E-state index in [1.54, 1.807) is 58.2 Å². The number of pyridine rings is 1. The van der Waals surface area contributed by atoms with Crippen molar-refractivity contribution in [2.45, 2.75) is 118 Å². The first kappa shape index (κ1) is 27.4. The fourth-order valence-corrected chi connectivity index (χ4v) is 8.91. The zero-order valence-corrected chi connectivity index (χ0v) is 39.9. The number of para-hydroxylation sites is 1. The number of benzene rings is 7. The Hall–Kier alpha value is -7.04. The van der Waals surface area contributed by atoms with Crippen LogP contribution in [0.2, 0.25) is 0 Å². The molecule has 70 heavy (non-hydrogen) atoms. The van der Waals surface area contributed by atoms with Gasteiger partial charge in [0.05, 0.1) is 28.0 Å². The van der Waals surface area contributed by atoms with Crippen LogP contribution in [0.15, 0.2) is 158 Å². The van der Waals surface area contributed by atoms with Crippen LogP contribution in [0, 0.1) is 6.85 Å². The van der Waals surface area contributed by atoms with Crippen LogP contribution < -0.4 is 0 Å². The fourth-order valence-electron chi connectivity index (χ4n) is 8.91. The van der Waals surface area contributed by atoms with Crippen LogP contribution in [0.1, 0.15) is 165 Å². The molecule has 0 atom stereocenters. The fraction of sp³-hybridized carbons (Fsp3) is 0.273. The van der Waals surface area contributed by atoms with E-state index in [2.05, 4.69) is 0 Å². The molecular formula is C66H69N3O. The molecule has 4 nitrogen and oxygen atoms in total. The van der Waals surface area contributed by atoms with Gasteiger partial charge in [0.15, 0.2) is 0 Å². The Balaban J connectivity index is 1.48. The molecule has 2 aromatic heterocycles. The van der Waals surface area contributed by atoms with Crippen molar-refractivity contribution < 1.29 is 36.6 Å². The third-order valence-electron chi connectivity index (χ3n) is 12.8. The molecule has 0 saturated heterocycles. The summed E-state index contributed by atoms with van der Waals surface area (Å²) in [7, 11) is 0. The van der Waals surface area contributed by atoms with Crippen LogP contribution >= 0.6 is 0 Å². The van der Waals surface area contributed by atoms with Gasteiger partial charge < -0.3 is 5.11 Å². The number of aryl methyl sites for hydroxylation is 1. The summed E-state index contributed by atoms with van der Waals surface area (Å²) < 4.78 is 205. The van der Waals surface area contributed by atoms with Gasteiger partial charge in [-0.15, -0.1) is 0 Å². The second-order valence-electron chi connectivity index (χ2n) is 18.8. The normalized spacial score (nSPS) is 18.6. The van der Waals surface area contributed by atoms with Crippen LogP contribution in [-0.2, 0) is 10.8 Å². The average Bonchev–Trinajstić information content (AvgIpc) is 1.13. The number of aromatic nitrogens is 3. The third kappa shape index (κ3) is 9.49. The predicted octanol–water partition coefficient (Wildman–Crippen LogP) is 18.4. The maximum Gasteiger partial charge on any atom is 0.149 e. The number of aromatic hydroxyl groups is 1. The Kier molecular flexibility index (Phi) is 7.31. The number of rotatable bonds is 10. The van der Waals surface area contributed by atoms with Gasteiger partial charge in [-0.3, -0.25) is 9.55 Å². The Morgan fingerprint density at radius 1 is 0.529 bits per heavy atom. The molecule has 0 fully saturated rings. The molecule has 2 heterocycles. The van der Waals surface area contributed by atoms with Gasteiger partial charge in [0.2, 0.25) is 0 Å². The summed E-state index contributed by atoms with van der Waals surface area (Å²) in [6.45, 7) is -17.4. The highest BCUT2D eigenvalue weighted by Gasteiger charge is 2.29. The average molecular weight is 943 g/mol. The molecule has 0 aliphatic carbocycles. The molecule has 7 aromatic carbocycles. The number of phenols is 1. The van der Waals surface area contributed by atoms with E-state index in [1.165, 1.54) is 22.8 Å². The van der Waals surface area contributed by atoms with Crippen molar-refractivity contribution in [3.63, 3.8) is 0 Å². The molecule has 0 amide bonds.